The average Bonchev–Trinajstić information content (AvgIpc) is 2.36. The van der Waals surface area contributed by atoms with Gasteiger partial charge < -0.3 is 4.74 Å². The van der Waals surface area contributed by atoms with Crippen molar-refractivity contribution in [1.82, 2.24) is 0 Å². The van der Waals surface area contributed by atoms with Crippen LogP contribution in [-0.4, -0.2) is 15.0 Å². The summed E-state index contributed by atoms with van der Waals surface area (Å²) in [6, 6.07) is 5.45. The molecule has 0 heterocycles. The molecular formula is C15H20ClNO3S. The van der Waals surface area contributed by atoms with Crippen molar-refractivity contribution < 1.29 is 13.2 Å². The lowest BCUT2D eigenvalue weighted by molar-refractivity contribution is 0.282. The molecule has 1 aromatic rings. The second kappa shape index (κ2) is 6.67. The first-order valence-corrected chi connectivity index (χ1v) is 8.98. The first-order chi connectivity index (χ1) is 9.57. The Bertz CT molecular complexity index is 660. The normalized spacial score (nSPS) is 12.0. The van der Waals surface area contributed by atoms with Crippen LogP contribution in [0.1, 0.15) is 37.8 Å². The Labute approximate surface area is 131 Å². The fraction of sp³-hybridized carbons (Fsp3) is 0.533. The topological polar surface area (TPSA) is 67.2 Å². The lowest BCUT2D eigenvalue weighted by Crippen LogP contribution is -2.10. The number of benzene rings is 1. The summed E-state index contributed by atoms with van der Waals surface area (Å²) in [5.74, 6) is 0.645. The molecule has 0 aliphatic heterocycles. The van der Waals surface area contributed by atoms with E-state index in [1.807, 2.05) is 13.8 Å². The lowest BCUT2D eigenvalue weighted by Gasteiger charge is -2.16. The zero-order valence-electron chi connectivity index (χ0n) is 12.7. The van der Waals surface area contributed by atoms with Crippen molar-refractivity contribution in [2.24, 2.45) is 5.41 Å². The zero-order valence-corrected chi connectivity index (χ0v) is 14.3. The molecule has 0 bridgehead atoms. The van der Waals surface area contributed by atoms with E-state index in [0.717, 1.165) is 18.4 Å². The second-order valence-electron chi connectivity index (χ2n) is 5.77. The minimum Gasteiger partial charge on any atom is -0.493 e. The Morgan fingerprint density at radius 1 is 1.29 bits per heavy atom. The van der Waals surface area contributed by atoms with E-state index in [4.69, 9.17) is 20.7 Å². The van der Waals surface area contributed by atoms with Crippen molar-refractivity contribution >= 4 is 19.7 Å². The van der Waals surface area contributed by atoms with Gasteiger partial charge >= 0.3 is 0 Å². The van der Waals surface area contributed by atoms with E-state index in [1.54, 1.807) is 19.9 Å². The Balaban J connectivity index is 2.75. The Morgan fingerprint density at radius 3 is 2.43 bits per heavy atom. The highest BCUT2D eigenvalue weighted by molar-refractivity contribution is 8.13. The monoisotopic (exact) mass is 329 g/mol. The van der Waals surface area contributed by atoms with Crippen molar-refractivity contribution in [2.45, 2.75) is 45.4 Å². The predicted molar refractivity (Wildman–Crippen MR) is 83.1 cm³/mol. The molecule has 0 aliphatic rings. The van der Waals surface area contributed by atoms with E-state index in [2.05, 4.69) is 6.07 Å². The molecule has 0 aromatic heterocycles. The maximum absolute atomic E-state index is 11.4. The first kappa shape index (κ1) is 17.8. The molecule has 0 atom stereocenters. The quantitative estimate of drug-likeness (QED) is 0.585. The van der Waals surface area contributed by atoms with Gasteiger partial charge in [0.15, 0.2) is 0 Å². The molecule has 0 saturated heterocycles. The molecule has 0 N–H and O–H groups in total. The van der Waals surface area contributed by atoms with Gasteiger partial charge in [-0.3, -0.25) is 0 Å². The smallest absolute Gasteiger partial charge is 0.261 e. The standard InChI is InChI=1S/C15H20ClNO3S/c1-11-9-14(21(16,18)19)12(2)8-13(11)20-7-5-6-15(3,4)10-17/h8-9H,5-7H2,1-4H3. The van der Waals surface area contributed by atoms with E-state index < -0.39 is 9.05 Å². The first-order valence-electron chi connectivity index (χ1n) is 6.67. The van der Waals surface area contributed by atoms with Crippen LogP contribution in [0.2, 0.25) is 0 Å². The number of ether oxygens (including phenoxy) is 1. The zero-order chi connectivity index (χ0) is 16.3. The van der Waals surface area contributed by atoms with Gasteiger partial charge in [0, 0.05) is 10.7 Å². The predicted octanol–water partition coefficient (Wildman–Crippen LogP) is 3.94. The molecule has 21 heavy (non-hydrogen) atoms. The molecule has 0 amide bonds. The highest BCUT2D eigenvalue weighted by Gasteiger charge is 2.17. The lowest BCUT2D eigenvalue weighted by atomic mass is 9.90. The molecule has 0 spiro atoms. The summed E-state index contributed by atoms with van der Waals surface area (Å²) < 4.78 is 28.5. The molecule has 4 nitrogen and oxygen atoms in total. The van der Waals surface area contributed by atoms with Crippen LogP contribution in [0.15, 0.2) is 17.0 Å². The maximum Gasteiger partial charge on any atom is 0.261 e. The van der Waals surface area contributed by atoms with Crippen LogP contribution >= 0.6 is 10.7 Å². The largest absolute Gasteiger partial charge is 0.493 e. The Kier molecular flexibility index (Phi) is 5.66. The van der Waals surface area contributed by atoms with Crippen LogP contribution in [0.4, 0.5) is 0 Å². The van der Waals surface area contributed by atoms with Crippen molar-refractivity contribution in [2.75, 3.05) is 6.61 Å². The summed E-state index contributed by atoms with van der Waals surface area (Å²) in [5, 5.41) is 8.94. The van der Waals surface area contributed by atoms with Crippen LogP contribution in [-0.2, 0) is 9.05 Å². The molecule has 1 aromatic carbocycles. The van der Waals surface area contributed by atoms with E-state index in [-0.39, 0.29) is 10.3 Å². The highest BCUT2D eigenvalue weighted by Crippen LogP contribution is 2.28. The van der Waals surface area contributed by atoms with E-state index >= 15 is 0 Å². The van der Waals surface area contributed by atoms with Crippen LogP contribution in [0.25, 0.3) is 0 Å². The van der Waals surface area contributed by atoms with Gasteiger partial charge in [-0.25, -0.2) is 8.42 Å². The number of halogens is 1. The molecule has 0 unspecified atom stereocenters. The van der Waals surface area contributed by atoms with Gasteiger partial charge in [0.05, 0.1) is 23.0 Å². The Hall–Kier alpha value is -1.25. The third-order valence-corrected chi connectivity index (χ3v) is 4.71. The Morgan fingerprint density at radius 2 is 1.90 bits per heavy atom. The number of nitriles is 1. The SMILES string of the molecule is Cc1cc(S(=O)(=O)Cl)c(C)cc1OCCCC(C)(C)C#N. The number of hydrogen-bond donors (Lipinski definition) is 0. The molecule has 0 radical (unpaired) electrons. The molecule has 0 aliphatic carbocycles. The minimum atomic E-state index is -3.74. The van der Waals surface area contributed by atoms with Crippen LogP contribution in [0, 0.1) is 30.6 Å². The highest BCUT2D eigenvalue weighted by atomic mass is 35.7. The van der Waals surface area contributed by atoms with Crippen LogP contribution in [0.3, 0.4) is 0 Å². The summed E-state index contributed by atoms with van der Waals surface area (Å²) in [4.78, 5) is 0.111. The number of hydrogen-bond acceptors (Lipinski definition) is 4. The molecule has 0 saturated carbocycles. The summed E-state index contributed by atoms with van der Waals surface area (Å²) in [5.41, 5.74) is 0.924. The summed E-state index contributed by atoms with van der Waals surface area (Å²) in [6.45, 7) is 7.73. The van der Waals surface area contributed by atoms with Gasteiger partial charge in [-0.2, -0.15) is 5.26 Å². The van der Waals surface area contributed by atoms with Crippen molar-refractivity contribution in [3.05, 3.63) is 23.3 Å². The third kappa shape index (κ3) is 5.22. The van der Waals surface area contributed by atoms with Crippen molar-refractivity contribution in [3.63, 3.8) is 0 Å². The molecular weight excluding hydrogens is 310 g/mol. The number of aryl methyl sites for hydroxylation is 2. The van der Waals surface area contributed by atoms with E-state index in [0.29, 0.717) is 17.9 Å². The molecule has 0 fully saturated rings. The summed E-state index contributed by atoms with van der Waals surface area (Å²) >= 11 is 0. The van der Waals surface area contributed by atoms with Gasteiger partial charge in [0.1, 0.15) is 5.75 Å². The van der Waals surface area contributed by atoms with Gasteiger partial charge in [0.25, 0.3) is 9.05 Å². The third-order valence-electron chi connectivity index (χ3n) is 3.24. The molecule has 116 valence electrons. The fourth-order valence-corrected chi connectivity index (χ4v) is 3.19. The number of rotatable bonds is 6. The second-order valence-corrected chi connectivity index (χ2v) is 8.30. The van der Waals surface area contributed by atoms with Gasteiger partial charge in [-0.15, -0.1) is 0 Å². The fourth-order valence-electron chi connectivity index (χ4n) is 1.93. The summed E-state index contributed by atoms with van der Waals surface area (Å²) in [6.07, 6.45) is 1.50. The number of nitrogens with zero attached hydrogens (tertiary/aromatic N) is 1. The van der Waals surface area contributed by atoms with Crippen molar-refractivity contribution in [1.29, 1.82) is 5.26 Å². The van der Waals surface area contributed by atoms with Gasteiger partial charge in [-0.1, -0.05) is 0 Å². The minimum absolute atomic E-state index is 0.111. The van der Waals surface area contributed by atoms with E-state index in [1.165, 1.54) is 6.07 Å². The van der Waals surface area contributed by atoms with Gasteiger partial charge in [0.2, 0.25) is 0 Å². The average molecular weight is 330 g/mol. The molecule has 6 heteroatoms. The van der Waals surface area contributed by atoms with E-state index in [9.17, 15) is 8.42 Å². The maximum atomic E-state index is 11.4. The molecule has 1 rings (SSSR count). The van der Waals surface area contributed by atoms with Gasteiger partial charge in [-0.05, 0) is 63.8 Å². The van der Waals surface area contributed by atoms with Crippen LogP contribution in [0.5, 0.6) is 5.75 Å². The summed E-state index contributed by atoms with van der Waals surface area (Å²) in [7, 11) is 1.64. The van der Waals surface area contributed by atoms with Crippen molar-refractivity contribution in [3.8, 4) is 11.8 Å². The van der Waals surface area contributed by atoms with Crippen LogP contribution < -0.4 is 4.74 Å².